The van der Waals surface area contributed by atoms with Crippen molar-refractivity contribution in [1.29, 1.82) is 5.26 Å². The molecule has 1 aromatic rings. The Balaban J connectivity index is 2.37. The number of nitriles is 1. The van der Waals surface area contributed by atoms with Gasteiger partial charge in [-0.05, 0) is 36.0 Å². The maximum Gasteiger partial charge on any atom is 0.161 e. The second-order valence-corrected chi connectivity index (χ2v) is 5.78. The predicted molar refractivity (Wildman–Crippen MR) is 69.9 cm³/mol. The highest BCUT2D eigenvalue weighted by molar-refractivity contribution is 5.48. The lowest BCUT2D eigenvalue weighted by Crippen LogP contribution is -2.45. The predicted octanol–water partition coefficient (Wildman–Crippen LogP) is 3.29. The minimum absolute atomic E-state index is 0.253. The molecule has 0 unspecified atom stereocenters. The highest BCUT2D eigenvalue weighted by Gasteiger charge is 2.50. The second kappa shape index (κ2) is 4.20. The van der Waals surface area contributed by atoms with Crippen LogP contribution in [0.1, 0.15) is 32.3 Å². The Morgan fingerprint density at radius 3 is 2.17 bits per heavy atom. The van der Waals surface area contributed by atoms with Gasteiger partial charge in [0.05, 0.1) is 25.7 Å². The molecular weight excluding hydrogens is 226 g/mol. The van der Waals surface area contributed by atoms with Crippen LogP contribution in [0.25, 0.3) is 0 Å². The van der Waals surface area contributed by atoms with Crippen molar-refractivity contribution >= 4 is 0 Å². The molecule has 0 heterocycles. The molecule has 1 saturated carbocycles. The Kier molecular flexibility index (Phi) is 2.98. The van der Waals surface area contributed by atoms with Gasteiger partial charge in [-0.15, -0.1) is 0 Å². The normalized spacial score (nSPS) is 19.5. The molecule has 0 N–H and O–H groups in total. The van der Waals surface area contributed by atoms with Crippen LogP contribution in [-0.4, -0.2) is 14.2 Å². The van der Waals surface area contributed by atoms with Gasteiger partial charge in [-0.25, -0.2) is 0 Å². The molecule has 3 nitrogen and oxygen atoms in total. The fourth-order valence-corrected chi connectivity index (χ4v) is 3.06. The summed E-state index contributed by atoms with van der Waals surface area (Å²) in [6, 6.07) is 8.25. The molecule has 0 spiro atoms. The van der Waals surface area contributed by atoms with E-state index in [-0.39, 0.29) is 10.8 Å². The van der Waals surface area contributed by atoms with Gasteiger partial charge in [0.1, 0.15) is 0 Å². The van der Waals surface area contributed by atoms with E-state index in [1.807, 2.05) is 18.2 Å². The number of hydrogen-bond acceptors (Lipinski definition) is 3. The van der Waals surface area contributed by atoms with E-state index < -0.39 is 0 Å². The largest absolute Gasteiger partial charge is 0.493 e. The van der Waals surface area contributed by atoms with Crippen LogP contribution < -0.4 is 9.47 Å². The van der Waals surface area contributed by atoms with Crippen molar-refractivity contribution in [2.75, 3.05) is 14.2 Å². The van der Waals surface area contributed by atoms with Crippen molar-refractivity contribution < 1.29 is 9.47 Å². The van der Waals surface area contributed by atoms with E-state index in [1.54, 1.807) is 14.2 Å². The zero-order valence-corrected chi connectivity index (χ0v) is 11.4. The van der Waals surface area contributed by atoms with Gasteiger partial charge >= 0.3 is 0 Å². The van der Waals surface area contributed by atoms with Crippen molar-refractivity contribution in [2.45, 2.75) is 32.1 Å². The highest BCUT2D eigenvalue weighted by Crippen LogP contribution is 2.55. The molecule has 96 valence electrons. The van der Waals surface area contributed by atoms with Crippen LogP contribution in [0.15, 0.2) is 18.2 Å². The first-order chi connectivity index (χ1) is 8.46. The van der Waals surface area contributed by atoms with Crippen LogP contribution in [-0.2, 0) is 5.41 Å². The SMILES string of the molecule is COc1ccc(C2(C#N)CC(C)(C)C2)cc1OC. The summed E-state index contributed by atoms with van der Waals surface area (Å²) in [5.74, 6) is 1.39. The molecule has 0 saturated heterocycles. The Bertz CT molecular complexity index is 492. The average molecular weight is 245 g/mol. The Morgan fingerprint density at radius 2 is 1.72 bits per heavy atom. The van der Waals surface area contributed by atoms with Crippen LogP contribution in [0, 0.1) is 16.7 Å². The molecule has 0 radical (unpaired) electrons. The lowest BCUT2D eigenvalue weighted by Gasteiger charge is -2.49. The van der Waals surface area contributed by atoms with Crippen molar-refractivity contribution in [2.24, 2.45) is 5.41 Å². The average Bonchev–Trinajstić information content (AvgIpc) is 2.34. The minimum Gasteiger partial charge on any atom is -0.493 e. The quantitative estimate of drug-likeness (QED) is 0.820. The molecule has 1 aliphatic rings. The van der Waals surface area contributed by atoms with E-state index >= 15 is 0 Å². The summed E-state index contributed by atoms with van der Waals surface area (Å²) >= 11 is 0. The monoisotopic (exact) mass is 245 g/mol. The Hall–Kier alpha value is -1.69. The van der Waals surface area contributed by atoms with Crippen LogP contribution >= 0.6 is 0 Å². The van der Waals surface area contributed by atoms with Crippen molar-refractivity contribution in [3.05, 3.63) is 23.8 Å². The summed E-state index contributed by atoms with van der Waals surface area (Å²) < 4.78 is 10.5. The summed E-state index contributed by atoms with van der Waals surface area (Å²) in [5, 5.41) is 9.49. The zero-order chi connectivity index (χ0) is 13.4. The molecule has 1 fully saturated rings. The molecule has 3 heteroatoms. The van der Waals surface area contributed by atoms with E-state index in [9.17, 15) is 5.26 Å². The topological polar surface area (TPSA) is 42.2 Å². The van der Waals surface area contributed by atoms with Crippen molar-refractivity contribution in [1.82, 2.24) is 0 Å². The van der Waals surface area contributed by atoms with Gasteiger partial charge in [0.25, 0.3) is 0 Å². The van der Waals surface area contributed by atoms with E-state index in [4.69, 9.17) is 9.47 Å². The molecule has 0 bridgehead atoms. The summed E-state index contributed by atoms with van der Waals surface area (Å²) in [6.45, 7) is 4.40. The van der Waals surface area contributed by atoms with E-state index in [1.165, 1.54) is 0 Å². The number of rotatable bonds is 3. The summed E-state index contributed by atoms with van der Waals surface area (Å²) in [4.78, 5) is 0. The number of benzene rings is 1. The van der Waals surface area contributed by atoms with Crippen LogP contribution in [0.5, 0.6) is 11.5 Å². The first-order valence-corrected chi connectivity index (χ1v) is 6.10. The summed E-state index contributed by atoms with van der Waals surface area (Å²) in [5.41, 5.74) is 0.924. The standard InChI is InChI=1S/C15H19NO2/c1-14(2)8-15(9-14,10-16)11-5-6-12(17-3)13(7-11)18-4/h5-7H,8-9H2,1-4H3. The van der Waals surface area contributed by atoms with Gasteiger partial charge < -0.3 is 9.47 Å². The van der Waals surface area contributed by atoms with Gasteiger partial charge in [0.2, 0.25) is 0 Å². The maximum absolute atomic E-state index is 9.49. The third kappa shape index (κ3) is 1.92. The molecule has 0 atom stereocenters. The van der Waals surface area contributed by atoms with Crippen LogP contribution in [0.4, 0.5) is 0 Å². The van der Waals surface area contributed by atoms with E-state index in [0.717, 1.165) is 18.4 Å². The smallest absolute Gasteiger partial charge is 0.161 e. The van der Waals surface area contributed by atoms with Crippen LogP contribution in [0.3, 0.4) is 0 Å². The Labute approximate surface area is 108 Å². The molecule has 1 aliphatic carbocycles. The van der Waals surface area contributed by atoms with Crippen LogP contribution in [0.2, 0.25) is 0 Å². The first kappa shape index (κ1) is 12.8. The molecule has 0 aliphatic heterocycles. The maximum atomic E-state index is 9.49. The highest BCUT2D eigenvalue weighted by atomic mass is 16.5. The Morgan fingerprint density at radius 1 is 1.11 bits per heavy atom. The fraction of sp³-hybridized carbons (Fsp3) is 0.533. The van der Waals surface area contributed by atoms with Gasteiger partial charge in [0.15, 0.2) is 11.5 Å². The lowest BCUT2D eigenvalue weighted by molar-refractivity contribution is 0.0996. The third-order valence-electron chi connectivity index (χ3n) is 3.71. The molecule has 0 aromatic heterocycles. The van der Waals surface area contributed by atoms with E-state index in [0.29, 0.717) is 11.5 Å². The molecule has 0 amide bonds. The number of ether oxygens (including phenoxy) is 2. The van der Waals surface area contributed by atoms with Crippen molar-refractivity contribution in [3.63, 3.8) is 0 Å². The minimum atomic E-state index is -0.358. The molecule has 2 rings (SSSR count). The van der Waals surface area contributed by atoms with E-state index in [2.05, 4.69) is 19.9 Å². The number of methoxy groups -OCH3 is 2. The van der Waals surface area contributed by atoms with Gasteiger partial charge in [-0.1, -0.05) is 19.9 Å². The van der Waals surface area contributed by atoms with Gasteiger partial charge in [0, 0.05) is 0 Å². The fourth-order valence-electron chi connectivity index (χ4n) is 3.06. The van der Waals surface area contributed by atoms with Gasteiger partial charge in [-0.3, -0.25) is 0 Å². The number of nitrogens with zero attached hydrogens (tertiary/aromatic N) is 1. The number of hydrogen-bond donors (Lipinski definition) is 0. The zero-order valence-electron chi connectivity index (χ0n) is 11.4. The molecule has 1 aromatic carbocycles. The van der Waals surface area contributed by atoms with Gasteiger partial charge in [-0.2, -0.15) is 5.26 Å². The second-order valence-electron chi connectivity index (χ2n) is 5.78. The molecular formula is C15H19NO2. The lowest BCUT2D eigenvalue weighted by atomic mass is 9.52. The summed E-state index contributed by atoms with van der Waals surface area (Å²) in [6.07, 6.45) is 1.79. The first-order valence-electron chi connectivity index (χ1n) is 6.10. The molecule has 18 heavy (non-hydrogen) atoms. The third-order valence-corrected chi connectivity index (χ3v) is 3.71. The summed E-state index contributed by atoms with van der Waals surface area (Å²) in [7, 11) is 3.23. The van der Waals surface area contributed by atoms with Crippen molar-refractivity contribution in [3.8, 4) is 17.6 Å².